The Balaban J connectivity index is 2.43. The van der Waals surface area contributed by atoms with Crippen molar-refractivity contribution in [2.24, 2.45) is 0 Å². The molecular formula is C14H20N4O. The van der Waals surface area contributed by atoms with E-state index in [0.717, 1.165) is 29.3 Å². The van der Waals surface area contributed by atoms with Crippen LogP contribution in [-0.2, 0) is 0 Å². The molecule has 1 atom stereocenters. The molecule has 0 fully saturated rings. The first-order valence-electron chi connectivity index (χ1n) is 6.55. The van der Waals surface area contributed by atoms with Gasteiger partial charge in [0.05, 0.1) is 18.2 Å². The van der Waals surface area contributed by atoms with Crippen molar-refractivity contribution in [1.29, 1.82) is 0 Å². The molecule has 5 heteroatoms. The minimum atomic E-state index is -0.0111. The Morgan fingerprint density at radius 1 is 1.37 bits per heavy atom. The average Bonchev–Trinajstić information content (AvgIpc) is 2.39. The molecule has 0 saturated heterocycles. The Kier molecular flexibility index (Phi) is 4.16. The first-order chi connectivity index (χ1) is 9.13. The Bertz CT molecular complexity index is 571. The topological polar surface area (TPSA) is 84.1 Å². The van der Waals surface area contributed by atoms with Gasteiger partial charge in [0.2, 0.25) is 5.95 Å². The highest BCUT2D eigenvalue weighted by molar-refractivity contribution is 5.90. The lowest BCUT2D eigenvalue weighted by Gasteiger charge is -2.17. The smallest absolute Gasteiger partial charge is 0.222 e. The maximum atomic E-state index is 9.38. The lowest BCUT2D eigenvalue weighted by atomic mass is 10.1. The second-order valence-corrected chi connectivity index (χ2v) is 4.76. The normalized spacial score (nSPS) is 12.6. The molecule has 4 N–H and O–H groups in total. The van der Waals surface area contributed by atoms with Crippen LogP contribution in [0.3, 0.4) is 0 Å². The van der Waals surface area contributed by atoms with E-state index in [4.69, 9.17) is 5.73 Å². The van der Waals surface area contributed by atoms with Crippen molar-refractivity contribution in [2.45, 2.75) is 32.7 Å². The number of aryl methyl sites for hydroxylation is 1. The van der Waals surface area contributed by atoms with E-state index >= 15 is 0 Å². The van der Waals surface area contributed by atoms with Crippen LogP contribution < -0.4 is 11.1 Å². The number of benzene rings is 1. The van der Waals surface area contributed by atoms with Crippen LogP contribution in [0, 0.1) is 6.92 Å². The van der Waals surface area contributed by atoms with Crippen LogP contribution in [0.5, 0.6) is 0 Å². The number of aliphatic hydroxyl groups excluding tert-OH is 1. The quantitative estimate of drug-likeness (QED) is 0.766. The van der Waals surface area contributed by atoms with E-state index in [1.807, 2.05) is 25.1 Å². The van der Waals surface area contributed by atoms with E-state index in [0.29, 0.717) is 5.82 Å². The molecule has 5 nitrogen and oxygen atoms in total. The molecule has 1 heterocycles. The molecule has 1 unspecified atom stereocenters. The fourth-order valence-electron chi connectivity index (χ4n) is 2.12. The van der Waals surface area contributed by atoms with Crippen LogP contribution in [0.25, 0.3) is 10.9 Å². The van der Waals surface area contributed by atoms with Gasteiger partial charge in [-0.05, 0) is 25.5 Å². The van der Waals surface area contributed by atoms with E-state index in [-0.39, 0.29) is 18.6 Å². The summed E-state index contributed by atoms with van der Waals surface area (Å²) in [6.07, 6.45) is 1.88. The van der Waals surface area contributed by atoms with Gasteiger partial charge in [0, 0.05) is 5.39 Å². The SMILES string of the molecule is CCCC(CO)Nc1nc(N)nc2ccc(C)cc12. The van der Waals surface area contributed by atoms with E-state index in [1.54, 1.807) is 0 Å². The van der Waals surface area contributed by atoms with Gasteiger partial charge in [-0.25, -0.2) is 4.98 Å². The van der Waals surface area contributed by atoms with E-state index in [2.05, 4.69) is 22.2 Å². The summed E-state index contributed by atoms with van der Waals surface area (Å²) in [4.78, 5) is 8.48. The highest BCUT2D eigenvalue weighted by atomic mass is 16.3. The number of nitrogens with zero attached hydrogens (tertiary/aromatic N) is 2. The van der Waals surface area contributed by atoms with Gasteiger partial charge in [0.15, 0.2) is 0 Å². The van der Waals surface area contributed by atoms with Crippen molar-refractivity contribution in [3.05, 3.63) is 23.8 Å². The molecule has 19 heavy (non-hydrogen) atoms. The van der Waals surface area contributed by atoms with Crippen LogP contribution in [0.1, 0.15) is 25.3 Å². The lowest BCUT2D eigenvalue weighted by molar-refractivity contribution is 0.268. The first kappa shape index (κ1) is 13.5. The minimum absolute atomic E-state index is 0.0111. The van der Waals surface area contributed by atoms with E-state index in [1.165, 1.54) is 0 Å². The largest absolute Gasteiger partial charge is 0.394 e. The molecule has 0 aliphatic carbocycles. The van der Waals surface area contributed by atoms with Crippen molar-refractivity contribution >= 4 is 22.7 Å². The lowest BCUT2D eigenvalue weighted by Crippen LogP contribution is -2.24. The number of hydrogen-bond acceptors (Lipinski definition) is 5. The number of nitrogen functional groups attached to an aromatic ring is 1. The third-order valence-corrected chi connectivity index (χ3v) is 3.07. The maximum Gasteiger partial charge on any atom is 0.222 e. The van der Waals surface area contributed by atoms with Crippen molar-refractivity contribution in [3.8, 4) is 0 Å². The van der Waals surface area contributed by atoms with E-state index < -0.39 is 0 Å². The molecule has 0 bridgehead atoms. The van der Waals surface area contributed by atoms with Crippen molar-refractivity contribution in [2.75, 3.05) is 17.7 Å². The number of hydrogen-bond donors (Lipinski definition) is 3. The molecular weight excluding hydrogens is 240 g/mol. The predicted molar refractivity (Wildman–Crippen MR) is 78.1 cm³/mol. The molecule has 0 aliphatic rings. The molecule has 2 aromatic rings. The molecule has 0 aliphatic heterocycles. The average molecular weight is 260 g/mol. The molecule has 2 rings (SSSR count). The summed E-state index contributed by atoms with van der Waals surface area (Å²) in [7, 11) is 0. The Hall–Kier alpha value is -1.88. The van der Waals surface area contributed by atoms with Crippen molar-refractivity contribution in [3.63, 3.8) is 0 Å². The van der Waals surface area contributed by atoms with Gasteiger partial charge in [-0.15, -0.1) is 0 Å². The van der Waals surface area contributed by atoms with Crippen LogP contribution >= 0.6 is 0 Å². The third kappa shape index (κ3) is 3.12. The monoisotopic (exact) mass is 260 g/mol. The number of fused-ring (bicyclic) bond motifs is 1. The van der Waals surface area contributed by atoms with Gasteiger partial charge >= 0.3 is 0 Å². The van der Waals surface area contributed by atoms with Crippen LogP contribution in [0.2, 0.25) is 0 Å². The molecule has 0 spiro atoms. The molecule has 0 radical (unpaired) electrons. The van der Waals surface area contributed by atoms with E-state index in [9.17, 15) is 5.11 Å². The second-order valence-electron chi connectivity index (χ2n) is 4.76. The number of aliphatic hydroxyl groups is 1. The number of nitrogens with one attached hydrogen (secondary N) is 1. The fraction of sp³-hybridized carbons (Fsp3) is 0.429. The first-order valence-corrected chi connectivity index (χ1v) is 6.55. The van der Waals surface area contributed by atoms with Gasteiger partial charge in [-0.1, -0.05) is 25.0 Å². The molecule has 0 saturated carbocycles. The van der Waals surface area contributed by atoms with Gasteiger partial charge < -0.3 is 16.2 Å². The van der Waals surface area contributed by atoms with Crippen LogP contribution in [0.4, 0.5) is 11.8 Å². The van der Waals surface area contributed by atoms with Crippen molar-refractivity contribution < 1.29 is 5.11 Å². The number of anilines is 2. The van der Waals surface area contributed by atoms with Gasteiger partial charge in [-0.2, -0.15) is 4.98 Å². The Morgan fingerprint density at radius 2 is 2.16 bits per heavy atom. The molecule has 1 aromatic heterocycles. The van der Waals surface area contributed by atoms with Gasteiger partial charge in [0.25, 0.3) is 0 Å². The summed E-state index contributed by atoms with van der Waals surface area (Å²) >= 11 is 0. The number of aromatic nitrogens is 2. The van der Waals surface area contributed by atoms with Gasteiger partial charge in [-0.3, -0.25) is 0 Å². The third-order valence-electron chi connectivity index (χ3n) is 3.07. The summed E-state index contributed by atoms with van der Waals surface area (Å²) in [6, 6.07) is 5.94. The van der Waals surface area contributed by atoms with Crippen molar-refractivity contribution in [1.82, 2.24) is 9.97 Å². The molecule has 0 amide bonds. The minimum Gasteiger partial charge on any atom is -0.394 e. The second kappa shape index (κ2) is 5.84. The summed E-state index contributed by atoms with van der Waals surface area (Å²) in [5.74, 6) is 0.936. The number of rotatable bonds is 5. The highest BCUT2D eigenvalue weighted by Gasteiger charge is 2.11. The zero-order chi connectivity index (χ0) is 13.8. The fourth-order valence-corrected chi connectivity index (χ4v) is 2.12. The van der Waals surface area contributed by atoms with Crippen LogP contribution in [0.15, 0.2) is 18.2 Å². The van der Waals surface area contributed by atoms with Crippen LogP contribution in [-0.4, -0.2) is 27.7 Å². The molecule has 102 valence electrons. The zero-order valence-electron chi connectivity index (χ0n) is 11.3. The summed E-state index contributed by atoms with van der Waals surface area (Å²) in [6.45, 7) is 4.18. The summed E-state index contributed by atoms with van der Waals surface area (Å²) in [5.41, 5.74) is 7.68. The maximum absolute atomic E-state index is 9.38. The molecule has 1 aromatic carbocycles. The zero-order valence-corrected chi connectivity index (χ0v) is 11.3. The Morgan fingerprint density at radius 3 is 2.84 bits per heavy atom. The number of nitrogens with two attached hydrogens (primary N) is 1. The standard InChI is InChI=1S/C14H20N4O/c1-3-4-10(8-19)16-13-11-7-9(2)5-6-12(11)17-14(15)18-13/h5-7,10,19H,3-4,8H2,1-2H3,(H3,15,16,17,18). The van der Waals surface area contributed by atoms with Gasteiger partial charge in [0.1, 0.15) is 5.82 Å². The summed E-state index contributed by atoms with van der Waals surface area (Å²) in [5, 5.41) is 13.6. The highest BCUT2D eigenvalue weighted by Crippen LogP contribution is 2.23. The Labute approximate surface area is 112 Å². The predicted octanol–water partition coefficient (Wildman–Crippen LogP) is 2.09. The summed E-state index contributed by atoms with van der Waals surface area (Å²) < 4.78 is 0.